The van der Waals surface area contributed by atoms with E-state index in [1.54, 1.807) is 4.90 Å². The number of nitro benzene ring substituents is 1. The highest BCUT2D eigenvalue weighted by Gasteiger charge is 2.24. The number of hydrogen-bond acceptors (Lipinski definition) is 5. The third-order valence-electron chi connectivity index (χ3n) is 4.44. The number of H-pyrrole nitrogens is 1. The van der Waals surface area contributed by atoms with E-state index < -0.39 is 10.5 Å². The molecular weight excluding hydrogens is 326 g/mol. The normalized spacial score (nSPS) is 16.9. The van der Waals surface area contributed by atoms with Crippen LogP contribution in [0.2, 0.25) is 0 Å². The molecule has 3 rings (SSSR count). The van der Waals surface area contributed by atoms with Gasteiger partial charge in [-0.1, -0.05) is 0 Å². The summed E-state index contributed by atoms with van der Waals surface area (Å²) >= 11 is 0. The smallest absolute Gasteiger partial charge is 0.270 e. The fraction of sp³-hybridized carbons (Fsp3) is 0.412. The van der Waals surface area contributed by atoms with E-state index >= 15 is 0 Å². The first-order valence-corrected chi connectivity index (χ1v) is 8.18. The minimum atomic E-state index is -0.522. The Balaban J connectivity index is 2.02. The molecule has 0 aliphatic carbocycles. The zero-order valence-electron chi connectivity index (χ0n) is 13.9. The van der Waals surface area contributed by atoms with Crippen LogP contribution in [0.25, 0.3) is 10.9 Å². The second-order valence-corrected chi connectivity index (χ2v) is 6.11. The molecule has 1 aromatic carbocycles. The summed E-state index contributed by atoms with van der Waals surface area (Å²) in [7, 11) is 0. The summed E-state index contributed by atoms with van der Waals surface area (Å²) in [6, 6.07) is 5.29. The van der Waals surface area contributed by atoms with Crippen molar-refractivity contribution >= 4 is 22.5 Å². The molecule has 0 unspecified atom stereocenters. The van der Waals surface area contributed by atoms with Crippen molar-refractivity contribution in [1.29, 1.82) is 0 Å². The lowest BCUT2D eigenvalue weighted by molar-refractivity contribution is -0.384. The number of nitrogens with zero attached hydrogens (tertiary/aromatic N) is 2. The van der Waals surface area contributed by atoms with Crippen molar-refractivity contribution in [1.82, 2.24) is 9.88 Å². The van der Waals surface area contributed by atoms with Gasteiger partial charge in [-0.05, 0) is 19.4 Å². The van der Waals surface area contributed by atoms with Crippen LogP contribution in [0.4, 0.5) is 5.69 Å². The van der Waals surface area contributed by atoms with Crippen LogP contribution >= 0.6 is 0 Å². The number of fused-ring (bicyclic) bond motifs is 1. The maximum Gasteiger partial charge on any atom is 0.270 e. The third kappa shape index (κ3) is 3.53. The summed E-state index contributed by atoms with van der Waals surface area (Å²) in [5.74, 6) is -0.0301. The second-order valence-electron chi connectivity index (χ2n) is 6.11. The van der Waals surface area contributed by atoms with Gasteiger partial charge in [0.1, 0.15) is 0 Å². The first kappa shape index (κ1) is 17.1. The van der Waals surface area contributed by atoms with Gasteiger partial charge in [-0.15, -0.1) is 0 Å². The topological polar surface area (TPSA) is 106 Å². The van der Waals surface area contributed by atoms with E-state index in [1.165, 1.54) is 24.3 Å². The molecule has 1 fully saturated rings. The van der Waals surface area contributed by atoms with Crippen molar-refractivity contribution in [2.24, 2.45) is 5.92 Å². The Morgan fingerprint density at radius 3 is 2.88 bits per heavy atom. The van der Waals surface area contributed by atoms with Crippen molar-refractivity contribution in [3.05, 3.63) is 50.3 Å². The molecule has 1 aliphatic rings. The molecule has 0 radical (unpaired) electrons. The van der Waals surface area contributed by atoms with Gasteiger partial charge < -0.3 is 14.6 Å². The fourth-order valence-electron chi connectivity index (χ4n) is 3.10. The van der Waals surface area contributed by atoms with Crippen molar-refractivity contribution in [2.45, 2.75) is 13.3 Å². The van der Waals surface area contributed by atoms with Crippen LogP contribution in [0.5, 0.6) is 0 Å². The van der Waals surface area contributed by atoms with Gasteiger partial charge in [0, 0.05) is 54.7 Å². The maximum absolute atomic E-state index is 13.0. The fourth-order valence-corrected chi connectivity index (χ4v) is 3.10. The summed E-state index contributed by atoms with van der Waals surface area (Å²) in [5.41, 5.74) is 0.0516. The number of carbonyl (C=O) groups excluding carboxylic acids is 1. The Bertz CT molecular complexity index is 870. The molecule has 0 spiro atoms. The molecule has 8 nitrogen and oxygen atoms in total. The summed E-state index contributed by atoms with van der Waals surface area (Å²) in [4.78, 5) is 39.7. The number of benzene rings is 1. The number of ether oxygens (including phenoxy) is 1. The lowest BCUT2D eigenvalue weighted by Crippen LogP contribution is -2.36. The number of pyridine rings is 1. The maximum atomic E-state index is 13.0. The monoisotopic (exact) mass is 345 g/mol. The van der Waals surface area contributed by atoms with Crippen LogP contribution in [0.15, 0.2) is 29.1 Å². The zero-order valence-corrected chi connectivity index (χ0v) is 13.9. The number of non-ortho nitro benzene ring substituents is 1. The highest BCUT2D eigenvalue weighted by molar-refractivity contribution is 6.06. The number of hydrogen-bond donors (Lipinski definition) is 1. The van der Waals surface area contributed by atoms with E-state index in [1.807, 2.05) is 6.92 Å². The molecular formula is C17H19N3O5. The molecule has 0 saturated carbocycles. The molecule has 1 aliphatic heterocycles. The van der Waals surface area contributed by atoms with E-state index in [-0.39, 0.29) is 23.1 Å². The predicted octanol–water partition coefficient (Wildman–Crippen LogP) is 1.93. The minimum absolute atomic E-state index is 0.124. The molecule has 132 valence electrons. The van der Waals surface area contributed by atoms with Crippen molar-refractivity contribution in [2.75, 3.05) is 26.3 Å². The summed E-state index contributed by atoms with van der Waals surface area (Å²) < 4.78 is 5.35. The standard InChI is InChI=1S/C17H19N3O5/c1-2-19(9-11-5-6-25-10-11)17(22)14-8-16(21)18-15-4-3-12(20(23)24)7-13(14)15/h3-4,7-8,11H,2,5-6,9-10H2,1H3,(H,18,21)/t11-/m0/s1. The van der Waals surface area contributed by atoms with E-state index in [0.717, 1.165) is 6.42 Å². The SMILES string of the molecule is CCN(C[C@@H]1CCOC1)C(=O)c1cc(=O)[nH]c2ccc([N+](=O)[O-])cc12. The third-order valence-corrected chi connectivity index (χ3v) is 4.44. The van der Waals surface area contributed by atoms with Gasteiger partial charge in [-0.3, -0.25) is 19.7 Å². The predicted molar refractivity (Wildman–Crippen MR) is 91.7 cm³/mol. The van der Waals surface area contributed by atoms with Crippen LogP contribution in [0.3, 0.4) is 0 Å². The second kappa shape index (κ2) is 7.02. The Labute approximate surface area is 143 Å². The van der Waals surface area contributed by atoms with E-state index in [4.69, 9.17) is 4.74 Å². The quantitative estimate of drug-likeness (QED) is 0.658. The van der Waals surface area contributed by atoms with Gasteiger partial charge >= 0.3 is 0 Å². The van der Waals surface area contributed by atoms with Crippen molar-refractivity contribution < 1.29 is 14.5 Å². The molecule has 1 saturated heterocycles. The Kier molecular flexibility index (Phi) is 4.80. The number of rotatable bonds is 5. The van der Waals surface area contributed by atoms with Gasteiger partial charge in [0.2, 0.25) is 5.56 Å². The van der Waals surface area contributed by atoms with E-state index in [9.17, 15) is 19.7 Å². The molecule has 25 heavy (non-hydrogen) atoms. The molecule has 2 heterocycles. The zero-order chi connectivity index (χ0) is 18.0. The number of nitrogens with one attached hydrogen (secondary N) is 1. The molecule has 1 amide bonds. The van der Waals surface area contributed by atoms with Crippen molar-refractivity contribution in [3.8, 4) is 0 Å². The summed E-state index contributed by atoms with van der Waals surface area (Å²) in [6.07, 6.45) is 0.894. The van der Waals surface area contributed by atoms with Crippen LogP contribution < -0.4 is 5.56 Å². The molecule has 1 atom stereocenters. The number of carbonyl (C=O) groups is 1. The average Bonchev–Trinajstić information content (AvgIpc) is 3.11. The number of aromatic nitrogens is 1. The number of aromatic amines is 1. The van der Waals surface area contributed by atoms with Crippen LogP contribution in [0.1, 0.15) is 23.7 Å². The molecule has 2 aromatic rings. The highest BCUT2D eigenvalue weighted by Crippen LogP contribution is 2.23. The van der Waals surface area contributed by atoms with Gasteiger partial charge in [0.25, 0.3) is 11.6 Å². The van der Waals surface area contributed by atoms with Gasteiger partial charge in [0.15, 0.2) is 0 Å². The van der Waals surface area contributed by atoms with E-state index in [0.29, 0.717) is 37.2 Å². The highest BCUT2D eigenvalue weighted by atomic mass is 16.6. The number of amides is 1. The van der Waals surface area contributed by atoms with Crippen LogP contribution in [-0.2, 0) is 4.74 Å². The number of nitro groups is 1. The minimum Gasteiger partial charge on any atom is -0.381 e. The largest absolute Gasteiger partial charge is 0.381 e. The summed E-state index contributed by atoms with van der Waals surface area (Å²) in [6.45, 7) is 4.20. The van der Waals surface area contributed by atoms with Crippen molar-refractivity contribution in [3.63, 3.8) is 0 Å². The van der Waals surface area contributed by atoms with E-state index in [2.05, 4.69) is 4.98 Å². The average molecular weight is 345 g/mol. The molecule has 0 bridgehead atoms. The Morgan fingerprint density at radius 1 is 1.44 bits per heavy atom. The first-order chi connectivity index (χ1) is 12.0. The van der Waals surface area contributed by atoms with Gasteiger partial charge in [-0.25, -0.2) is 0 Å². The van der Waals surface area contributed by atoms with Gasteiger partial charge in [0.05, 0.1) is 17.1 Å². The Hall–Kier alpha value is -2.74. The van der Waals surface area contributed by atoms with Crippen LogP contribution in [-0.4, -0.2) is 47.0 Å². The molecule has 1 N–H and O–H groups in total. The lowest BCUT2D eigenvalue weighted by atomic mass is 10.0. The molecule has 1 aromatic heterocycles. The lowest BCUT2D eigenvalue weighted by Gasteiger charge is -2.24. The van der Waals surface area contributed by atoms with Gasteiger partial charge in [-0.2, -0.15) is 0 Å². The summed E-state index contributed by atoms with van der Waals surface area (Å²) in [5, 5.41) is 11.4. The Morgan fingerprint density at radius 2 is 2.24 bits per heavy atom. The first-order valence-electron chi connectivity index (χ1n) is 8.18. The molecule has 8 heteroatoms. The van der Waals surface area contributed by atoms with Crippen LogP contribution in [0, 0.1) is 16.0 Å².